The maximum Gasteiger partial charge on any atom is 0.380 e. The van der Waals surface area contributed by atoms with Crippen molar-refractivity contribution in [3.8, 4) is 0 Å². The predicted molar refractivity (Wildman–Crippen MR) is 53.7 cm³/mol. The number of benzene rings is 1. The van der Waals surface area contributed by atoms with Gasteiger partial charge in [-0.3, -0.25) is 4.79 Å². The second-order valence-corrected chi connectivity index (χ2v) is 4.02. The summed E-state index contributed by atoms with van der Waals surface area (Å²) in [5.74, 6) is -1.30. The van der Waals surface area contributed by atoms with E-state index < -0.39 is 11.2 Å². The Kier molecular flexibility index (Phi) is 3.61. The summed E-state index contributed by atoms with van der Waals surface area (Å²) in [6, 6.07) is 6.66. The zero-order chi connectivity index (χ0) is 10.8. The van der Waals surface area contributed by atoms with E-state index >= 15 is 0 Å². The van der Waals surface area contributed by atoms with Gasteiger partial charge in [-0.2, -0.15) is 8.78 Å². The molecule has 0 fully saturated rings. The molecule has 0 aliphatic rings. The highest BCUT2D eigenvalue weighted by Gasteiger charge is 2.35. The van der Waals surface area contributed by atoms with Crippen molar-refractivity contribution < 1.29 is 13.6 Å². The maximum atomic E-state index is 12.3. The first-order chi connectivity index (χ1) is 6.41. The van der Waals surface area contributed by atoms with E-state index in [0.29, 0.717) is 10.0 Å². The highest BCUT2D eigenvalue weighted by atomic mass is 79.9. The van der Waals surface area contributed by atoms with Crippen molar-refractivity contribution in [2.45, 2.75) is 11.8 Å². The molecule has 0 unspecified atom stereocenters. The van der Waals surface area contributed by atoms with Crippen molar-refractivity contribution in [2.24, 2.45) is 0 Å². The number of alkyl halides is 3. The van der Waals surface area contributed by atoms with Gasteiger partial charge in [0.25, 0.3) is 0 Å². The van der Waals surface area contributed by atoms with Crippen LogP contribution >= 0.6 is 27.5 Å². The summed E-state index contributed by atoms with van der Waals surface area (Å²) in [6.07, 6.45) is -0.377. The van der Waals surface area contributed by atoms with Crippen LogP contribution in [0.25, 0.3) is 0 Å². The predicted octanol–water partition coefficient (Wildman–Crippen LogP) is 3.39. The van der Waals surface area contributed by atoms with Crippen molar-refractivity contribution in [3.05, 3.63) is 34.3 Å². The number of carbonyl (C=O) groups is 1. The maximum absolute atomic E-state index is 12.3. The van der Waals surface area contributed by atoms with Gasteiger partial charge in [-0.05, 0) is 23.2 Å². The molecule has 0 aliphatic heterocycles. The number of Topliss-reactive ketones (excluding diaryl/α,β-unsaturated/α-hetero) is 1. The molecular formula is C9H6BrClF2O. The fourth-order valence-corrected chi connectivity index (χ4v) is 1.41. The Morgan fingerprint density at radius 1 is 1.43 bits per heavy atom. The first-order valence-electron chi connectivity index (χ1n) is 3.74. The first kappa shape index (κ1) is 11.6. The molecule has 1 nitrogen and oxygen atoms in total. The molecule has 0 saturated carbocycles. The lowest BCUT2D eigenvalue weighted by atomic mass is 10.1. The Bertz CT molecular complexity index is 349. The van der Waals surface area contributed by atoms with E-state index in [0.717, 1.165) is 0 Å². The van der Waals surface area contributed by atoms with E-state index in [4.69, 9.17) is 0 Å². The summed E-state index contributed by atoms with van der Waals surface area (Å²) in [7, 11) is 0. The molecule has 0 N–H and O–H groups in total. The van der Waals surface area contributed by atoms with Gasteiger partial charge < -0.3 is 0 Å². The minimum absolute atomic E-state index is 0.377. The average molecular weight is 283 g/mol. The van der Waals surface area contributed by atoms with Gasteiger partial charge in [-0.15, -0.1) is 0 Å². The fraction of sp³-hybridized carbons (Fsp3) is 0.222. The number of hydrogen-bond acceptors (Lipinski definition) is 1. The summed E-state index contributed by atoms with van der Waals surface area (Å²) in [4.78, 5) is 10.9. The third-order valence-corrected chi connectivity index (χ3v) is 2.61. The second kappa shape index (κ2) is 4.36. The van der Waals surface area contributed by atoms with Crippen LogP contribution in [-0.4, -0.2) is 11.2 Å². The molecule has 0 atom stereocenters. The molecule has 0 radical (unpaired) electrons. The smallest absolute Gasteiger partial charge is 0.291 e. The zero-order valence-electron chi connectivity index (χ0n) is 6.94. The highest BCUT2D eigenvalue weighted by molar-refractivity contribution is 9.10. The third kappa shape index (κ3) is 3.03. The van der Waals surface area contributed by atoms with E-state index in [1.54, 1.807) is 24.3 Å². The standard InChI is InChI=1S/C9H6BrClF2O/c10-7-4-2-1-3-6(7)5-8(14)9(11,12)13/h1-4H,5H2. The molecule has 0 heterocycles. The van der Waals surface area contributed by atoms with Crippen LogP contribution in [0.15, 0.2) is 28.7 Å². The van der Waals surface area contributed by atoms with Crippen LogP contribution in [0.5, 0.6) is 0 Å². The molecule has 1 aromatic rings. The van der Waals surface area contributed by atoms with Crippen molar-refractivity contribution in [1.29, 1.82) is 0 Å². The van der Waals surface area contributed by atoms with Crippen LogP contribution in [-0.2, 0) is 11.2 Å². The summed E-state index contributed by atoms with van der Waals surface area (Å²) < 4.78 is 25.3. The van der Waals surface area contributed by atoms with Gasteiger partial charge in [0.05, 0.1) is 0 Å². The molecular weight excluding hydrogens is 277 g/mol. The van der Waals surface area contributed by atoms with Crippen molar-refractivity contribution in [1.82, 2.24) is 0 Å². The van der Waals surface area contributed by atoms with Crippen molar-refractivity contribution in [3.63, 3.8) is 0 Å². The van der Waals surface area contributed by atoms with E-state index in [2.05, 4.69) is 27.5 Å². The summed E-state index contributed by atoms with van der Waals surface area (Å²) in [5, 5.41) is -3.78. The van der Waals surface area contributed by atoms with Gasteiger partial charge in [-0.1, -0.05) is 34.1 Å². The van der Waals surface area contributed by atoms with Crippen LogP contribution in [0.4, 0.5) is 8.78 Å². The van der Waals surface area contributed by atoms with E-state index in [-0.39, 0.29) is 6.42 Å². The zero-order valence-corrected chi connectivity index (χ0v) is 9.28. The van der Waals surface area contributed by atoms with Crippen LogP contribution in [0.1, 0.15) is 5.56 Å². The Balaban J connectivity index is 2.80. The number of halogens is 4. The number of rotatable bonds is 3. The molecule has 76 valence electrons. The lowest BCUT2D eigenvalue weighted by Gasteiger charge is -2.07. The van der Waals surface area contributed by atoms with Gasteiger partial charge in [0, 0.05) is 10.9 Å². The molecule has 0 spiro atoms. The van der Waals surface area contributed by atoms with E-state index in [1.807, 2.05) is 0 Å². The average Bonchev–Trinajstić information content (AvgIpc) is 2.07. The monoisotopic (exact) mass is 282 g/mol. The highest BCUT2D eigenvalue weighted by Crippen LogP contribution is 2.24. The molecule has 0 aliphatic carbocycles. The Hall–Kier alpha value is -0.480. The third-order valence-electron chi connectivity index (χ3n) is 1.63. The first-order valence-corrected chi connectivity index (χ1v) is 4.92. The Morgan fingerprint density at radius 2 is 2.00 bits per heavy atom. The van der Waals surface area contributed by atoms with Crippen LogP contribution in [0.2, 0.25) is 0 Å². The second-order valence-electron chi connectivity index (χ2n) is 2.69. The summed E-state index contributed by atoms with van der Waals surface area (Å²) in [5.41, 5.74) is 0.498. The molecule has 0 bridgehead atoms. The molecule has 0 amide bonds. The van der Waals surface area contributed by atoms with E-state index in [9.17, 15) is 13.6 Å². The normalized spacial score (nSPS) is 11.4. The molecule has 14 heavy (non-hydrogen) atoms. The Morgan fingerprint density at radius 3 is 2.50 bits per heavy atom. The van der Waals surface area contributed by atoms with E-state index in [1.165, 1.54) is 0 Å². The fourth-order valence-electron chi connectivity index (χ4n) is 0.915. The van der Waals surface area contributed by atoms with Gasteiger partial charge in [0.15, 0.2) is 0 Å². The van der Waals surface area contributed by atoms with Crippen molar-refractivity contribution >= 4 is 33.3 Å². The molecule has 0 saturated heterocycles. The summed E-state index contributed by atoms with van der Waals surface area (Å²) in [6.45, 7) is 0. The largest absolute Gasteiger partial charge is 0.380 e. The van der Waals surface area contributed by atoms with Gasteiger partial charge in [0.1, 0.15) is 0 Å². The van der Waals surface area contributed by atoms with Gasteiger partial charge in [-0.25, -0.2) is 0 Å². The topological polar surface area (TPSA) is 17.1 Å². The molecule has 5 heteroatoms. The Labute approximate surface area is 93.2 Å². The minimum atomic E-state index is -3.78. The summed E-state index contributed by atoms with van der Waals surface area (Å²) >= 11 is 7.74. The van der Waals surface area contributed by atoms with Crippen LogP contribution in [0.3, 0.4) is 0 Å². The molecule has 1 aromatic carbocycles. The van der Waals surface area contributed by atoms with Gasteiger partial charge in [0.2, 0.25) is 5.78 Å². The number of carbonyl (C=O) groups excluding carboxylic acids is 1. The molecule has 0 aromatic heterocycles. The van der Waals surface area contributed by atoms with Gasteiger partial charge >= 0.3 is 5.38 Å². The SMILES string of the molecule is O=C(Cc1ccccc1Br)C(F)(F)Cl. The quantitative estimate of drug-likeness (QED) is 0.777. The minimum Gasteiger partial charge on any atom is -0.291 e. The van der Waals surface area contributed by atoms with Crippen LogP contribution < -0.4 is 0 Å². The lowest BCUT2D eigenvalue weighted by Crippen LogP contribution is -2.23. The number of ketones is 1. The van der Waals surface area contributed by atoms with Crippen LogP contribution in [0, 0.1) is 0 Å². The lowest BCUT2D eigenvalue weighted by molar-refractivity contribution is -0.132. The van der Waals surface area contributed by atoms with Crippen molar-refractivity contribution in [2.75, 3.05) is 0 Å². The molecule has 1 rings (SSSR count). The number of hydrogen-bond donors (Lipinski definition) is 0.